The van der Waals surface area contributed by atoms with Crippen LogP contribution in [0.4, 0.5) is 0 Å². The van der Waals surface area contributed by atoms with Gasteiger partial charge in [-0.1, -0.05) is 38.5 Å². The first kappa shape index (κ1) is 20.4. The van der Waals surface area contributed by atoms with Crippen molar-refractivity contribution in [3.8, 4) is 0 Å². The van der Waals surface area contributed by atoms with E-state index in [-0.39, 0.29) is 5.91 Å². The van der Waals surface area contributed by atoms with E-state index in [0.29, 0.717) is 12.5 Å². The molecule has 0 unspecified atom stereocenters. The zero-order valence-corrected chi connectivity index (χ0v) is 18.5. The van der Waals surface area contributed by atoms with Gasteiger partial charge < -0.3 is 9.88 Å². The number of carbonyl (C=O) groups excluding carboxylic acids is 1. The van der Waals surface area contributed by atoms with Gasteiger partial charge in [-0.25, -0.2) is 0 Å². The van der Waals surface area contributed by atoms with Gasteiger partial charge >= 0.3 is 0 Å². The van der Waals surface area contributed by atoms with Crippen LogP contribution < -0.4 is 5.32 Å². The predicted octanol–water partition coefficient (Wildman–Crippen LogP) is 5.66. The highest BCUT2D eigenvalue weighted by Gasteiger charge is 2.28. The molecule has 1 N–H and O–H groups in total. The Morgan fingerprint density at radius 1 is 0.964 bits per heavy atom. The second kappa shape index (κ2) is 9.73. The normalized spacial score (nSPS) is 21.5. The van der Waals surface area contributed by atoms with Crippen molar-refractivity contribution in [2.24, 2.45) is 5.92 Å². The molecular formula is C24H38N2OS. The summed E-state index contributed by atoms with van der Waals surface area (Å²) < 4.78 is 2.62. The summed E-state index contributed by atoms with van der Waals surface area (Å²) >= 11 is 1.88. The van der Waals surface area contributed by atoms with E-state index in [0.717, 1.165) is 12.5 Å². The fourth-order valence-corrected chi connectivity index (χ4v) is 6.72. The molecule has 156 valence electrons. The van der Waals surface area contributed by atoms with Crippen LogP contribution in [0.2, 0.25) is 0 Å². The maximum atomic E-state index is 13.0. The van der Waals surface area contributed by atoms with Crippen molar-refractivity contribution in [1.82, 2.24) is 9.88 Å². The molecule has 1 aromatic rings. The number of fused-ring (bicyclic) bond motifs is 1. The van der Waals surface area contributed by atoms with Gasteiger partial charge in [0.15, 0.2) is 0 Å². The van der Waals surface area contributed by atoms with Crippen LogP contribution in [-0.4, -0.2) is 22.8 Å². The Bertz CT molecular complexity index is 669. The van der Waals surface area contributed by atoms with Crippen molar-refractivity contribution < 1.29 is 4.79 Å². The summed E-state index contributed by atoms with van der Waals surface area (Å²) in [5, 5.41) is 3.37. The predicted molar refractivity (Wildman–Crippen MR) is 118 cm³/mol. The second-order valence-electron chi connectivity index (χ2n) is 9.31. The van der Waals surface area contributed by atoms with Crippen LogP contribution in [0.15, 0.2) is 4.90 Å². The molecule has 0 saturated heterocycles. The lowest BCUT2D eigenvalue weighted by molar-refractivity contribution is -0.121. The molecule has 1 heterocycles. The molecular weight excluding hydrogens is 364 g/mol. The zero-order valence-electron chi connectivity index (χ0n) is 17.7. The molecule has 2 fully saturated rings. The topological polar surface area (TPSA) is 34.0 Å². The van der Waals surface area contributed by atoms with Gasteiger partial charge in [0, 0.05) is 28.9 Å². The van der Waals surface area contributed by atoms with E-state index in [1.807, 2.05) is 11.8 Å². The molecule has 0 radical (unpaired) electrons. The summed E-state index contributed by atoms with van der Waals surface area (Å²) in [5.41, 5.74) is 4.48. The highest BCUT2D eigenvalue weighted by molar-refractivity contribution is 7.98. The van der Waals surface area contributed by atoms with Gasteiger partial charge in [-0.2, -0.15) is 0 Å². The third-order valence-electron chi connectivity index (χ3n) is 7.29. The molecule has 1 aromatic heterocycles. The molecule has 0 aromatic carbocycles. The lowest BCUT2D eigenvalue weighted by Crippen LogP contribution is -2.37. The molecule has 3 aliphatic carbocycles. The minimum Gasteiger partial charge on any atom is -0.353 e. The van der Waals surface area contributed by atoms with Crippen molar-refractivity contribution in [3.05, 3.63) is 17.0 Å². The first-order valence-corrected chi connectivity index (χ1v) is 13.0. The highest BCUT2D eigenvalue weighted by atomic mass is 32.2. The van der Waals surface area contributed by atoms with E-state index in [2.05, 4.69) is 16.1 Å². The fourth-order valence-electron chi connectivity index (χ4n) is 5.83. The van der Waals surface area contributed by atoms with E-state index in [1.54, 1.807) is 11.3 Å². The Morgan fingerprint density at radius 3 is 2.36 bits per heavy atom. The summed E-state index contributed by atoms with van der Waals surface area (Å²) in [7, 11) is 0. The molecule has 1 amide bonds. The molecule has 0 spiro atoms. The summed E-state index contributed by atoms with van der Waals surface area (Å²) in [5.74, 6) is 1.06. The van der Waals surface area contributed by atoms with Crippen LogP contribution in [-0.2, 0) is 30.6 Å². The highest BCUT2D eigenvalue weighted by Crippen LogP contribution is 2.38. The number of nitrogens with one attached hydrogen (secondary N) is 1. The van der Waals surface area contributed by atoms with Crippen LogP contribution in [0.25, 0.3) is 0 Å². The minimum atomic E-state index is 0.252. The Hall–Kier alpha value is -0.900. The maximum Gasteiger partial charge on any atom is 0.226 e. The average Bonchev–Trinajstić information content (AvgIpc) is 3.02. The van der Waals surface area contributed by atoms with Gasteiger partial charge in [0.1, 0.15) is 0 Å². The average molecular weight is 403 g/mol. The van der Waals surface area contributed by atoms with E-state index >= 15 is 0 Å². The first-order chi connectivity index (χ1) is 13.8. The number of aromatic nitrogens is 1. The van der Waals surface area contributed by atoms with Gasteiger partial charge in [-0.15, -0.1) is 11.8 Å². The van der Waals surface area contributed by atoms with Crippen molar-refractivity contribution in [2.45, 2.75) is 114 Å². The first-order valence-electron chi connectivity index (χ1n) is 11.8. The smallest absolute Gasteiger partial charge is 0.226 e. The second-order valence-corrected chi connectivity index (χ2v) is 10.1. The van der Waals surface area contributed by atoms with E-state index in [1.165, 1.54) is 100 Å². The van der Waals surface area contributed by atoms with Gasteiger partial charge in [-0.05, 0) is 69.1 Å². The van der Waals surface area contributed by atoms with E-state index in [4.69, 9.17) is 0 Å². The third-order valence-corrected chi connectivity index (χ3v) is 8.18. The molecule has 4 heteroatoms. The Balaban J connectivity index is 1.56. The van der Waals surface area contributed by atoms with Crippen molar-refractivity contribution in [2.75, 3.05) is 6.26 Å². The molecule has 28 heavy (non-hydrogen) atoms. The quantitative estimate of drug-likeness (QED) is 0.623. The number of thioether (sulfide) groups is 1. The van der Waals surface area contributed by atoms with Gasteiger partial charge in [0.25, 0.3) is 0 Å². The Kier molecular flexibility index (Phi) is 7.08. The Labute approximate surface area is 175 Å². The number of amides is 1. The molecule has 2 saturated carbocycles. The SMILES string of the molecule is CSc1c2c(n(CC3CCCCC3)c1CC(=O)NC1CCCCC1)CCCC2. The fraction of sp³-hybridized carbons (Fsp3) is 0.792. The molecule has 0 bridgehead atoms. The van der Waals surface area contributed by atoms with Crippen LogP contribution in [0.5, 0.6) is 0 Å². The van der Waals surface area contributed by atoms with Crippen molar-refractivity contribution >= 4 is 17.7 Å². The van der Waals surface area contributed by atoms with E-state index < -0.39 is 0 Å². The Morgan fingerprint density at radius 2 is 1.64 bits per heavy atom. The monoisotopic (exact) mass is 402 g/mol. The molecule has 4 rings (SSSR count). The minimum absolute atomic E-state index is 0.252. The number of nitrogens with zero attached hydrogens (tertiary/aromatic N) is 1. The van der Waals surface area contributed by atoms with E-state index in [9.17, 15) is 4.79 Å². The maximum absolute atomic E-state index is 13.0. The summed E-state index contributed by atoms with van der Waals surface area (Å²) in [6.45, 7) is 1.15. The standard InChI is InChI=1S/C24H38N2OS/c1-28-24-20-14-8-9-15-21(20)26(17-18-10-4-2-5-11-18)22(24)16-23(27)25-19-12-6-3-7-13-19/h18-19H,2-17H2,1H3,(H,25,27). The lowest BCUT2D eigenvalue weighted by Gasteiger charge is -2.26. The zero-order chi connectivity index (χ0) is 19.3. The molecule has 0 aliphatic heterocycles. The summed E-state index contributed by atoms with van der Waals surface area (Å²) in [6, 6.07) is 0.412. The lowest BCUT2D eigenvalue weighted by atomic mass is 9.89. The number of carbonyl (C=O) groups is 1. The summed E-state index contributed by atoms with van der Waals surface area (Å²) in [4.78, 5) is 14.4. The summed E-state index contributed by atoms with van der Waals surface area (Å²) in [6.07, 6.45) is 21.0. The number of hydrogen-bond acceptors (Lipinski definition) is 2. The molecule has 0 atom stereocenters. The third kappa shape index (κ3) is 4.63. The molecule has 3 aliphatic rings. The number of rotatable bonds is 6. The van der Waals surface area contributed by atoms with Crippen LogP contribution in [0, 0.1) is 5.92 Å². The molecule has 3 nitrogen and oxygen atoms in total. The van der Waals surface area contributed by atoms with Gasteiger partial charge in [0.2, 0.25) is 5.91 Å². The largest absolute Gasteiger partial charge is 0.353 e. The van der Waals surface area contributed by atoms with Crippen LogP contribution >= 0.6 is 11.8 Å². The van der Waals surface area contributed by atoms with Gasteiger partial charge in [-0.3, -0.25) is 4.79 Å². The van der Waals surface area contributed by atoms with Crippen LogP contribution in [0.1, 0.15) is 94.0 Å². The van der Waals surface area contributed by atoms with Crippen molar-refractivity contribution in [1.29, 1.82) is 0 Å². The number of hydrogen-bond donors (Lipinski definition) is 1. The van der Waals surface area contributed by atoms with Gasteiger partial charge in [0.05, 0.1) is 6.42 Å². The van der Waals surface area contributed by atoms with Crippen LogP contribution in [0.3, 0.4) is 0 Å². The van der Waals surface area contributed by atoms with Crippen molar-refractivity contribution in [3.63, 3.8) is 0 Å².